The molecule has 1 aliphatic rings. The number of amides is 1. The summed E-state index contributed by atoms with van der Waals surface area (Å²) in [6.45, 7) is 1.08. The molecule has 1 aromatic carbocycles. The average Bonchev–Trinajstić information content (AvgIpc) is 3.05. The first kappa shape index (κ1) is 12.8. The van der Waals surface area contributed by atoms with Gasteiger partial charge < -0.3 is 9.88 Å². The summed E-state index contributed by atoms with van der Waals surface area (Å²) in [7, 11) is 1.73. The molecule has 0 bridgehead atoms. The first-order valence-corrected chi connectivity index (χ1v) is 6.42. The topological polar surface area (TPSA) is 61.0 Å². The zero-order valence-corrected chi connectivity index (χ0v) is 11.1. The SMILES string of the molecule is CN(Cc1nc2ccc(F)cc2[nH]1)C(=O)C1C=CCN1. The van der Waals surface area contributed by atoms with Crippen LogP contribution in [0.15, 0.2) is 30.4 Å². The van der Waals surface area contributed by atoms with Crippen molar-refractivity contribution in [3.8, 4) is 0 Å². The molecule has 1 amide bonds. The zero-order chi connectivity index (χ0) is 14.1. The molecule has 3 rings (SSSR count). The maximum Gasteiger partial charge on any atom is 0.243 e. The van der Waals surface area contributed by atoms with Crippen LogP contribution in [0.2, 0.25) is 0 Å². The summed E-state index contributed by atoms with van der Waals surface area (Å²) >= 11 is 0. The van der Waals surface area contributed by atoms with Crippen LogP contribution in [0.5, 0.6) is 0 Å². The van der Waals surface area contributed by atoms with Gasteiger partial charge >= 0.3 is 0 Å². The molecule has 2 aromatic rings. The second-order valence-corrected chi connectivity index (χ2v) is 4.85. The highest BCUT2D eigenvalue weighted by Gasteiger charge is 2.21. The van der Waals surface area contributed by atoms with Crippen LogP contribution in [0.4, 0.5) is 4.39 Å². The van der Waals surface area contributed by atoms with Crippen molar-refractivity contribution in [2.24, 2.45) is 0 Å². The molecule has 6 heteroatoms. The van der Waals surface area contributed by atoms with Crippen LogP contribution in [0.1, 0.15) is 5.82 Å². The Morgan fingerprint density at radius 2 is 2.40 bits per heavy atom. The Morgan fingerprint density at radius 3 is 3.15 bits per heavy atom. The van der Waals surface area contributed by atoms with Crippen molar-refractivity contribution < 1.29 is 9.18 Å². The summed E-state index contributed by atoms with van der Waals surface area (Å²) < 4.78 is 13.1. The van der Waals surface area contributed by atoms with Crippen molar-refractivity contribution in [3.63, 3.8) is 0 Å². The third kappa shape index (κ3) is 2.42. The third-order valence-corrected chi connectivity index (χ3v) is 3.31. The number of imidazole rings is 1. The molecule has 0 saturated carbocycles. The molecule has 0 spiro atoms. The molecular formula is C14H15FN4O. The monoisotopic (exact) mass is 274 g/mol. The molecule has 5 nitrogen and oxygen atoms in total. The predicted octanol–water partition coefficient (Wildman–Crippen LogP) is 1.19. The molecule has 20 heavy (non-hydrogen) atoms. The molecule has 0 fully saturated rings. The Labute approximate surface area is 115 Å². The molecule has 104 valence electrons. The van der Waals surface area contributed by atoms with Gasteiger partial charge in [0, 0.05) is 13.6 Å². The van der Waals surface area contributed by atoms with Crippen LogP contribution in [0, 0.1) is 5.82 Å². The molecule has 0 saturated heterocycles. The number of nitrogens with zero attached hydrogens (tertiary/aromatic N) is 2. The van der Waals surface area contributed by atoms with Gasteiger partial charge in [0.2, 0.25) is 5.91 Å². The quantitative estimate of drug-likeness (QED) is 0.826. The van der Waals surface area contributed by atoms with Crippen LogP contribution in [-0.2, 0) is 11.3 Å². The van der Waals surface area contributed by atoms with Crippen LogP contribution in [-0.4, -0.2) is 40.4 Å². The van der Waals surface area contributed by atoms with Crippen molar-refractivity contribution in [2.45, 2.75) is 12.6 Å². The average molecular weight is 274 g/mol. The standard InChI is InChI=1S/C14H15FN4O/c1-19(14(20)11-3-2-6-16-11)8-13-17-10-5-4-9(15)7-12(10)18-13/h2-5,7,11,16H,6,8H2,1H3,(H,17,18). The van der Waals surface area contributed by atoms with Gasteiger partial charge in [-0.05, 0) is 18.2 Å². The lowest BCUT2D eigenvalue weighted by Gasteiger charge is -2.19. The molecule has 1 atom stereocenters. The normalized spacial score (nSPS) is 17.8. The Morgan fingerprint density at radius 1 is 1.55 bits per heavy atom. The number of halogens is 1. The van der Waals surface area contributed by atoms with E-state index in [2.05, 4.69) is 15.3 Å². The summed E-state index contributed by atoms with van der Waals surface area (Å²) in [6.07, 6.45) is 3.78. The first-order valence-electron chi connectivity index (χ1n) is 6.42. The van der Waals surface area contributed by atoms with E-state index in [1.807, 2.05) is 12.2 Å². The highest BCUT2D eigenvalue weighted by Crippen LogP contribution is 2.14. The molecule has 2 N–H and O–H groups in total. The number of carbonyl (C=O) groups excluding carboxylic acids is 1. The van der Waals surface area contributed by atoms with E-state index in [9.17, 15) is 9.18 Å². The van der Waals surface area contributed by atoms with Crippen LogP contribution >= 0.6 is 0 Å². The lowest BCUT2D eigenvalue weighted by Crippen LogP contribution is -2.41. The van der Waals surface area contributed by atoms with Crippen molar-refractivity contribution in [2.75, 3.05) is 13.6 Å². The largest absolute Gasteiger partial charge is 0.340 e. The van der Waals surface area contributed by atoms with E-state index in [1.54, 1.807) is 18.0 Å². The molecule has 0 radical (unpaired) electrons. The Hall–Kier alpha value is -2.21. The van der Waals surface area contributed by atoms with Crippen molar-refractivity contribution >= 4 is 16.9 Å². The van der Waals surface area contributed by atoms with Crippen LogP contribution < -0.4 is 5.32 Å². The van der Waals surface area contributed by atoms with E-state index < -0.39 is 0 Å². The smallest absolute Gasteiger partial charge is 0.243 e. The summed E-state index contributed by atoms with van der Waals surface area (Å²) in [6, 6.07) is 4.12. The van der Waals surface area contributed by atoms with E-state index in [1.165, 1.54) is 12.1 Å². The molecule has 1 aromatic heterocycles. The van der Waals surface area contributed by atoms with Gasteiger partial charge in [0.25, 0.3) is 0 Å². The van der Waals surface area contributed by atoms with E-state index >= 15 is 0 Å². The summed E-state index contributed by atoms with van der Waals surface area (Å²) in [4.78, 5) is 21.1. The molecule has 0 aliphatic carbocycles. The molecule has 1 aliphatic heterocycles. The second-order valence-electron chi connectivity index (χ2n) is 4.85. The van der Waals surface area contributed by atoms with Gasteiger partial charge in [0.05, 0.1) is 17.6 Å². The highest BCUT2D eigenvalue weighted by molar-refractivity contribution is 5.84. The number of nitrogens with one attached hydrogen (secondary N) is 2. The summed E-state index contributed by atoms with van der Waals surface area (Å²) in [5.74, 6) is 0.325. The van der Waals surface area contributed by atoms with Gasteiger partial charge in [-0.15, -0.1) is 0 Å². The predicted molar refractivity (Wildman–Crippen MR) is 73.5 cm³/mol. The van der Waals surface area contributed by atoms with E-state index in [0.29, 0.717) is 29.9 Å². The lowest BCUT2D eigenvalue weighted by atomic mass is 10.3. The highest BCUT2D eigenvalue weighted by atomic mass is 19.1. The number of benzene rings is 1. The zero-order valence-electron chi connectivity index (χ0n) is 11.1. The number of rotatable bonds is 3. The van der Waals surface area contributed by atoms with E-state index in [4.69, 9.17) is 0 Å². The van der Waals surface area contributed by atoms with E-state index in [0.717, 1.165) is 0 Å². The van der Waals surface area contributed by atoms with Crippen LogP contribution in [0.3, 0.4) is 0 Å². The number of hydrogen-bond acceptors (Lipinski definition) is 3. The summed E-state index contributed by atoms with van der Waals surface area (Å²) in [5, 5.41) is 3.07. The van der Waals surface area contributed by atoms with Gasteiger partial charge in [-0.25, -0.2) is 9.37 Å². The number of likely N-dealkylation sites (N-methyl/N-ethyl adjacent to an activating group) is 1. The number of H-pyrrole nitrogens is 1. The number of fused-ring (bicyclic) bond motifs is 1. The lowest BCUT2D eigenvalue weighted by molar-refractivity contribution is -0.131. The van der Waals surface area contributed by atoms with Crippen molar-refractivity contribution in [3.05, 3.63) is 42.0 Å². The van der Waals surface area contributed by atoms with Crippen molar-refractivity contribution in [1.82, 2.24) is 20.2 Å². The van der Waals surface area contributed by atoms with Gasteiger partial charge in [0.15, 0.2) is 0 Å². The Balaban J connectivity index is 1.75. The Bertz CT molecular complexity index is 679. The second kappa shape index (κ2) is 5.05. The number of aromatic nitrogens is 2. The maximum atomic E-state index is 13.1. The molecular weight excluding hydrogens is 259 g/mol. The van der Waals surface area contributed by atoms with E-state index in [-0.39, 0.29) is 17.8 Å². The minimum absolute atomic E-state index is 0.00890. The third-order valence-electron chi connectivity index (χ3n) is 3.31. The van der Waals surface area contributed by atoms with Crippen molar-refractivity contribution in [1.29, 1.82) is 0 Å². The fourth-order valence-corrected chi connectivity index (χ4v) is 2.29. The minimum atomic E-state index is -0.308. The molecule has 1 unspecified atom stereocenters. The Kier molecular flexibility index (Phi) is 3.23. The van der Waals surface area contributed by atoms with Gasteiger partial charge in [-0.1, -0.05) is 12.2 Å². The number of carbonyl (C=O) groups is 1. The fourth-order valence-electron chi connectivity index (χ4n) is 2.29. The minimum Gasteiger partial charge on any atom is -0.340 e. The number of aromatic amines is 1. The number of hydrogen-bond donors (Lipinski definition) is 2. The molecule has 2 heterocycles. The fraction of sp³-hybridized carbons (Fsp3) is 0.286. The van der Waals surface area contributed by atoms with Gasteiger partial charge in [-0.3, -0.25) is 10.1 Å². The van der Waals surface area contributed by atoms with Gasteiger partial charge in [-0.2, -0.15) is 0 Å². The maximum absolute atomic E-state index is 13.1. The summed E-state index contributed by atoms with van der Waals surface area (Å²) in [5.41, 5.74) is 1.33. The van der Waals surface area contributed by atoms with Gasteiger partial charge in [0.1, 0.15) is 17.7 Å². The van der Waals surface area contributed by atoms with Crippen LogP contribution in [0.25, 0.3) is 11.0 Å². The first-order chi connectivity index (χ1) is 9.63.